The molecule has 1 aromatic rings. The summed E-state index contributed by atoms with van der Waals surface area (Å²) in [7, 11) is 0. The van der Waals surface area contributed by atoms with Crippen molar-refractivity contribution in [2.45, 2.75) is 64.8 Å². The molecule has 19 heavy (non-hydrogen) atoms. The number of hydrogen-bond acceptors (Lipinski definition) is 1. The number of rotatable bonds is 7. The lowest BCUT2D eigenvalue weighted by molar-refractivity contribution is 0.365. The number of hydrogen-bond donors (Lipinski definition) is 0. The van der Waals surface area contributed by atoms with Crippen molar-refractivity contribution in [3.8, 4) is 0 Å². The largest absolute Gasteiger partial charge is 0.269 e. The van der Waals surface area contributed by atoms with Crippen molar-refractivity contribution in [3.63, 3.8) is 0 Å². The Morgan fingerprint density at radius 2 is 2.00 bits per heavy atom. The van der Waals surface area contributed by atoms with Crippen LogP contribution in [0.3, 0.4) is 0 Å². The molecule has 0 bridgehead atoms. The Labute approximate surface area is 126 Å². The smallest absolute Gasteiger partial charge is 0.0627 e. The Bertz CT molecular complexity index is 365. The fourth-order valence-corrected chi connectivity index (χ4v) is 4.15. The van der Waals surface area contributed by atoms with E-state index in [-0.39, 0.29) is 0 Å². The molecule has 0 N–H and O–H groups in total. The highest BCUT2D eigenvalue weighted by Crippen LogP contribution is 2.34. The van der Waals surface area contributed by atoms with Crippen molar-refractivity contribution in [3.05, 3.63) is 18.0 Å². The number of aromatic nitrogens is 2. The molecule has 0 saturated heterocycles. The summed E-state index contributed by atoms with van der Waals surface area (Å²) in [6, 6.07) is 2.80. The molecule has 2 rings (SSSR count). The van der Waals surface area contributed by atoms with E-state index in [1.807, 2.05) is 0 Å². The van der Waals surface area contributed by atoms with Gasteiger partial charge in [-0.15, -0.1) is 0 Å². The molecule has 2 nitrogen and oxygen atoms in total. The minimum atomic E-state index is 0.572. The summed E-state index contributed by atoms with van der Waals surface area (Å²) in [6.07, 6.45) is 11.3. The second kappa shape index (κ2) is 7.47. The molecule has 1 unspecified atom stereocenters. The van der Waals surface area contributed by atoms with Gasteiger partial charge in [0, 0.05) is 11.5 Å². The van der Waals surface area contributed by atoms with E-state index in [0.717, 1.165) is 23.6 Å². The highest BCUT2D eigenvalue weighted by molar-refractivity contribution is 9.09. The lowest BCUT2D eigenvalue weighted by atomic mass is 9.89. The molecular formula is C16H27BrN2. The predicted molar refractivity (Wildman–Crippen MR) is 84.8 cm³/mol. The van der Waals surface area contributed by atoms with Crippen LogP contribution in [0.1, 0.15) is 64.1 Å². The summed E-state index contributed by atoms with van der Waals surface area (Å²) < 4.78 is 2.18. The molecular weight excluding hydrogens is 300 g/mol. The highest BCUT2D eigenvalue weighted by atomic mass is 79.9. The van der Waals surface area contributed by atoms with E-state index in [1.165, 1.54) is 44.2 Å². The van der Waals surface area contributed by atoms with Gasteiger partial charge in [-0.05, 0) is 37.2 Å². The van der Waals surface area contributed by atoms with E-state index < -0.39 is 0 Å². The third kappa shape index (κ3) is 3.84. The molecule has 108 valence electrons. The van der Waals surface area contributed by atoms with E-state index in [1.54, 1.807) is 0 Å². The van der Waals surface area contributed by atoms with Crippen LogP contribution in [0.25, 0.3) is 0 Å². The van der Waals surface area contributed by atoms with Crippen LogP contribution in [-0.2, 0) is 6.42 Å². The topological polar surface area (TPSA) is 17.8 Å². The minimum Gasteiger partial charge on any atom is -0.269 e. The van der Waals surface area contributed by atoms with Crippen LogP contribution in [0.2, 0.25) is 0 Å². The minimum absolute atomic E-state index is 0.572. The van der Waals surface area contributed by atoms with E-state index in [4.69, 9.17) is 5.10 Å². The predicted octanol–water partition coefficient (Wildman–Crippen LogP) is 4.99. The maximum Gasteiger partial charge on any atom is 0.0627 e. The van der Waals surface area contributed by atoms with Crippen LogP contribution in [0, 0.1) is 11.8 Å². The standard InChI is InChI=1S/C16H27BrN2/c1-3-16(4-2)19-10-9-15(18-19)11-14(12-17)13-7-5-6-8-13/h9-10,13-14,16H,3-8,11-12H2,1-2H3. The van der Waals surface area contributed by atoms with E-state index in [2.05, 4.69) is 46.7 Å². The quantitative estimate of drug-likeness (QED) is 0.645. The van der Waals surface area contributed by atoms with Gasteiger partial charge in [-0.25, -0.2) is 0 Å². The Kier molecular flexibility index (Phi) is 5.93. The number of halogens is 1. The first-order valence-electron chi connectivity index (χ1n) is 7.88. The van der Waals surface area contributed by atoms with Gasteiger partial charge >= 0.3 is 0 Å². The average Bonchev–Trinajstić information content (AvgIpc) is 3.09. The first-order chi connectivity index (χ1) is 9.28. The van der Waals surface area contributed by atoms with Gasteiger partial charge in [0.05, 0.1) is 11.7 Å². The maximum absolute atomic E-state index is 4.81. The Balaban J connectivity index is 1.97. The van der Waals surface area contributed by atoms with Crippen molar-refractivity contribution >= 4 is 15.9 Å². The average molecular weight is 327 g/mol. The lowest BCUT2D eigenvalue weighted by Gasteiger charge is -2.20. The van der Waals surface area contributed by atoms with Gasteiger partial charge in [-0.1, -0.05) is 55.5 Å². The lowest BCUT2D eigenvalue weighted by Crippen LogP contribution is -2.17. The second-order valence-corrected chi connectivity index (χ2v) is 6.57. The zero-order chi connectivity index (χ0) is 13.7. The molecule has 0 aromatic carbocycles. The van der Waals surface area contributed by atoms with Crippen molar-refractivity contribution in [2.75, 3.05) is 5.33 Å². The fraction of sp³-hybridized carbons (Fsp3) is 0.812. The van der Waals surface area contributed by atoms with Gasteiger partial charge in [-0.3, -0.25) is 4.68 Å². The van der Waals surface area contributed by atoms with Crippen LogP contribution >= 0.6 is 15.9 Å². The van der Waals surface area contributed by atoms with Crippen LogP contribution in [0.5, 0.6) is 0 Å². The SMILES string of the molecule is CCC(CC)n1ccc(CC(CBr)C2CCCC2)n1. The summed E-state index contributed by atoms with van der Waals surface area (Å²) in [4.78, 5) is 0. The molecule has 1 aliphatic rings. The van der Waals surface area contributed by atoms with Crippen LogP contribution in [0.15, 0.2) is 12.3 Å². The summed E-state index contributed by atoms with van der Waals surface area (Å²) in [5.74, 6) is 1.69. The Hall–Kier alpha value is -0.310. The third-order valence-corrected chi connectivity index (χ3v) is 5.55. The number of alkyl halides is 1. The van der Waals surface area contributed by atoms with Gasteiger partial charge in [-0.2, -0.15) is 5.10 Å². The molecule has 0 spiro atoms. The van der Waals surface area contributed by atoms with E-state index >= 15 is 0 Å². The maximum atomic E-state index is 4.81. The van der Waals surface area contributed by atoms with Gasteiger partial charge in [0.2, 0.25) is 0 Å². The molecule has 1 atom stereocenters. The monoisotopic (exact) mass is 326 g/mol. The van der Waals surface area contributed by atoms with E-state index in [9.17, 15) is 0 Å². The molecule has 1 fully saturated rings. The molecule has 0 amide bonds. The fourth-order valence-electron chi connectivity index (χ4n) is 3.40. The molecule has 1 aromatic heterocycles. The zero-order valence-electron chi connectivity index (χ0n) is 12.3. The van der Waals surface area contributed by atoms with Crippen molar-refractivity contribution in [2.24, 2.45) is 11.8 Å². The van der Waals surface area contributed by atoms with Crippen molar-refractivity contribution in [1.29, 1.82) is 0 Å². The van der Waals surface area contributed by atoms with Gasteiger partial charge in [0.15, 0.2) is 0 Å². The molecule has 0 aliphatic heterocycles. The number of nitrogens with zero attached hydrogens (tertiary/aromatic N) is 2. The molecule has 1 aliphatic carbocycles. The summed E-state index contributed by atoms with van der Waals surface area (Å²) >= 11 is 3.71. The normalized spacial score (nSPS) is 18.3. The first kappa shape index (κ1) is 15.1. The first-order valence-corrected chi connectivity index (χ1v) is 9.00. The van der Waals surface area contributed by atoms with Gasteiger partial charge < -0.3 is 0 Å². The summed E-state index contributed by atoms with van der Waals surface area (Å²) in [5, 5.41) is 5.93. The highest BCUT2D eigenvalue weighted by Gasteiger charge is 2.25. The second-order valence-electron chi connectivity index (χ2n) is 5.92. The van der Waals surface area contributed by atoms with Crippen molar-refractivity contribution < 1.29 is 0 Å². The summed E-state index contributed by atoms with van der Waals surface area (Å²) in [5.41, 5.74) is 1.28. The van der Waals surface area contributed by atoms with E-state index in [0.29, 0.717) is 6.04 Å². The summed E-state index contributed by atoms with van der Waals surface area (Å²) in [6.45, 7) is 4.49. The van der Waals surface area contributed by atoms with Gasteiger partial charge in [0.25, 0.3) is 0 Å². The van der Waals surface area contributed by atoms with Crippen LogP contribution in [-0.4, -0.2) is 15.1 Å². The van der Waals surface area contributed by atoms with Gasteiger partial charge in [0.1, 0.15) is 0 Å². The molecule has 0 radical (unpaired) electrons. The van der Waals surface area contributed by atoms with Crippen LogP contribution in [0.4, 0.5) is 0 Å². The Morgan fingerprint density at radius 1 is 1.32 bits per heavy atom. The zero-order valence-corrected chi connectivity index (χ0v) is 13.9. The molecule has 1 saturated carbocycles. The van der Waals surface area contributed by atoms with Crippen LogP contribution < -0.4 is 0 Å². The Morgan fingerprint density at radius 3 is 2.58 bits per heavy atom. The molecule has 1 heterocycles. The van der Waals surface area contributed by atoms with Crippen molar-refractivity contribution in [1.82, 2.24) is 9.78 Å². The molecule has 3 heteroatoms. The third-order valence-electron chi connectivity index (χ3n) is 4.72.